The Kier molecular flexibility index (Phi) is 5.21. The van der Waals surface area contributed by atoms with Crippen LogP contribution in [-0.2, 0) is 16.4 Å². The van der Waals surface area contributed by atoms with Gasteiger partial charge in [0.15, 0.2) is 9.84 Å². The van der Waals surface area contributed by atoms with Crippen LogP contribution < -0.4 is 4.90 Å². The molecular weight excluding hydrogens is 353 g/mol. The minimum atomic E-state index is -2.94. The molecule has 26 heavy (non-hydrogen) atoms. The number of halogens is 1. The van der Waals surface area contributed by atoms with E-state index < -0.39 is 9.84 Å². The van der Waals surface area contributed by atoms with Gasteiger partial charge in [-0.3, -0.25) is 4.68 Å². The number of sulfone groups is 1. The van der Waals surface area contributed by atoms with Crippen LogP contribution in [0.3, 0.4) is 0 Å². The molecule has 7 heteroatoms. The molecule has 0 spiro atoms. The summed E-state index contributed by atoms with van der Waals surface area (Å²) >= 11 is 0. The lowest BCUT2D eigenvalue weighted by molar-refractivity contribution is -0.924. The molecule has 0 amide bonds. The fraction of sp³-hybridized carbons (Fsp3) is 0.526. The van der Waals surface area contributed by atoms with Gasteiger partial charge in [-0.1, -0.05) is 12.1 Å². The van der Waals surface area contributed by atoms with Crippen LogP contribution in [0.15, 0.2) is 24.3 Å². The minimum Gasteiger partial charge on any atom is -0.328 e. The van der Waals surface area contributed by atoms with Crippen LogP contribution >= 0.6 is 0 Å². The first kappa shape index (κ1) is 19.0. The van der Waals surface area contributed by atoms with Crippen LogP contribution in [0.1, 0.15) is 47.9 Å². The Morgan fingerprint density at radius 2 is 1.96 bits per heavy atom. The molecule has 142 valence electrons. The summed E-state index contributed by atoms with van der Waals surface area (Å²) in [4.78, 5) is 1.28. The second-order valence-electron chi connectivity index (χ2n) is 7.45. The number of hydrogen-bond donors (Lipinski definition) is 1. The van der Waals surface area contributed by atoms with Gasteiger partial charge in [0, 0.05) is 11.3 Å². The molecule has 1 saturated heterocycles. The van der Waals surface area contributed by atoms with Crippen LogP contribution in [-0.4, -0.2) is 36.8 Å². The molecule has 0 saturated carbocycles. The molecule has 3 atom stereocenters. The first-order valence-corrected chi connectivity index (χ1v) is 10.8. The third kappa shape index (κ3) is 3.83. The maximum absolute atomic E-state index is 13.1. The number of nitrogens with one attached hydrogen (secondary N) is 1. The van der Waals surface area contributed by atoms with Gasteiger partial charge in [-0.05, 0) is 39.3 Å². The van der Waals surface area contributed by atoms with Crippen molar-refractivity contribution in [3.05, 3.63) is 52.6 Å². The summed E-state index contributed by atoms with van der Waals surface area (Å²) in [6, 6.07) is 6.81. The van der Waals surface area contributed by atoms with Crippen molar-refractivity contribution in [3.8, 4) is 0 Å². The average molecular weight is 381 g/mol. The first-order valence-electron chi connectivity index (χ1n) is 9.00. The zero-order valence-electron chi connectivity index (χ0n) is 15.8. The molecule has 1 aliphatic heterocycles. The normalized spacial score (nSPS) is 21.7. The Morgan fingerprint density at radius 3 is 2.54 bits per heavy atom. The van der Waals surface area contributed by atoms with Gasteiger partial charge in [0.25, 0.3) is 0 Å². The van der Waals surface area contributed by atoms with Gasteiger partial charge in [-0.25, -0.2) is 12.8 Å². The number of rotatable bonds is 5. The van der Waals surface area contributed by atoms with Crippen LogP contribution in [0.25, 0.3) is 0 Å². The highest BCUT2D eigenvalue weighted by Gasteiger charge is 2.32. The number of benzene rings is 1. The molecular formula is C19H27FN3O2S+. The van der Waals surface area contributed by atoms with Crippen molar-refractivity contribution in [3.63, 3.8) is 0 Å². The van der Waals surface area contributed by atoms with Crippen molar-refractivity contribution in [1.82, 2.24) is 9.78 Å². The van der Waals surface area contributed by atoms with Gasteiger partial charge in [-0.15, -0.1) is 0 Å². The Hall–Kier alpha value is -1.73. The molecule has 0 bridgehead atoms. The van der Waals surface area contributed by atoms with E-state index in [1.165, 1.54) is 22.6 Å². The molecule has 1 aliphatic rings. The SMILES string of the molecule is Cc1nn([C@H]2CCS(=O)(=O)C2)c(C)c1C[NH+](C)[C@@H](C)c1ccc(F)cc1. The van der Waals surface area contributed by atoms with E-state index in [1.807, 2.05) is 30.7 Å². The summed E-state index contributed by atoms with van der Waals surface area (Å²) in [6.45, 7) is 6.92. The summed E-state index contributed by atoms with van der Waals surface area (Å²) in [7, 11) is -0.821. The van der Waals surface area contributed by atoms with Crippen molar-refractivity contribution in [2.45, 2.75) is 45.8 Å². The average Bonchev–Trinajstić information content (AvgIpc) is 3.08. The fourth-order valence-electron chi connectivity index (χ4n) is 3.74. The Bertz CT molecular complexity index is 890. The second-order valence-corrected chi connectivity index (χ2v) is 9.68. The largest absolute Gasteiger partial charge is 0.328 e. The van der Waals surface area contributed by atoms with E-state index in [1.54, 1.807) is 0 Å². The highest BCUT2D eigenvalue weighted by molar-refractivity contribution is 7.91. The third-order valence-electron chi connectivity index (χ3n) is 5.59. The van der Waals surface area contributed by atoms with Gasteiger partial charge < -0.3 is 4.90 Å². The van der Waals surface area contributed by atoms with Crippen LogP contribution in [0.4, 0.5) is 4.39 Å². The summed E-state index contributed by atoms with van der Waals surface area (Å²) in [5, 5.41) is 4.64. The van der Waals surface area contributed by atoms with E-state index in [-0.39, 0.29) is 29.4 Å². The molecule has 5 nitrogen and oxygen atoms in total. The molecule has 2 heterocycles. The zero-order chi connectivity index (χ0) is 19.1. The maximum Gasteiger partial charge on any atom is 0.152 e. The highest BCUT2D eigenvalue weighted by Crippen LogP contribution is 2.26. The minimum absolute atomic E-state index is 0.0534. The first-order chi connectivity index (χ1) is 12.2. The predicted octanol–water partition coefficient (Wildman–Crippen LogP) is 1.77. The van der Waals surface area contributed by atoms with Crippen molar-refractivity contribution in [2.24, 2.45) is 0 Å². The number of hydrogen-bond acceptors (Lipinski definition) is 3. The molecule has 1 fully saturated rings. The fourth-order valence-corrected chi connectivity index (χ4v) is 5.44. The van der Waals surface area contributed by atoms with Gasteiger partial charge in [0.1, 0.15) is 18.4 Å². The standard InChI is InChI=1S/C19H26FN3O2S/c1-13-19(11-22(4)14(2)16-5-7-17(20)8-6-16)15(3)23(21-13)18-9-10-26(24,25)12-18/h5-8,14,18H,9-12H2,1-4H3/p+1/t14-,18-/m0/s1. The zero-order valence-corrected chi connectivity index (χ0v) is 16.6. The molecule has 3 rings (SSSR count). The lowest BCUT2D eigenvalue weighted by atomic mass is 10.1. The predicted molar refractivity (Wildman–Crippen MR) is 99.4 cm³/mol. The molecule has 0 radical (unpaired) electrons. The lowest BCUT2D eigenvalue weighted by Crippen LogP contribution is -3.07. The lowest BCUT2D eigenvalue weighted by Gasteiger charge is -2.22. The smallest absolute Gasteiger partial charge is 0.152 e. The third-order valence-corrected chi connectivity index (χ3v) is 7.34. The number of nitrogens with zero attached hydrogens (tertiary/aromatic N) is 2. The van der Waals surface area contributed by atoms with Gasteiger partial charge >= 0.3 is 0 Å². The van der Waals surface area contributed by atoms with E-state index in [0.29, 0.717) is 6.42 Å². The molecule has 2 aromatic rings. The van der Waals surface area contributed by atoms with Gasteiger partial charge in [0.2, 0.25) is 0 Å². The number of quaternary nitrogens is 1. The number of aryl methyl sites for hydroxylation is 1. The van der Waals surface area contributed by atoms with Gasteiger partial charge in [-0.2, -0.15) is 5.10 Å². The summed E-state index contributed by atoms with van der Waals surface area (Å²) in [5.74, 6) is 0.208. The van der Waals surface area contributed by atoms with Crippen molar-refractivity contribution < 1.29 is 17.7 Å². The highest BCUT2D eigenvalue weighted by atomic mass is 32.2. The topological polar surface area (TPSA) is 56.4 Å². The Balaban J connectivity index is 1.78. The van der Waals surface area contributed by atoms with E-state index in [0.717, 1.165) is 23.5 Å². The molecule has 1 aromatic heterocycles. The molecule has 0 aliphatic carbocycles. The van der Waals surface area contributed by atoms with Crippen LogP contribution in [0.5, 0.6) is 0 Å². The molecule has 1 unspecified atom stereocenters. The summed E-state index contributed by atoms with van der Waals surface area (Å²) in [6.07, 6.45) is 0.637. The van der Waals surface area contributed by atoms with Gasteiger partial charge in [0.05, 0.1) is 35.9 Å². The Labute approximate surface area is 154 Å². The van der Waals surface area contributed by atoms with E-state index >= 15 is 0 Å². The van der Waals surface area contributed by atoms with E-state index in [2.05, 4.69) is 19.1 Å². The van der Waals surface area contributed by atoms with Crippen molar-refractivity contribution >= 4 is 9.84 Å². The van der Waals surface area contributed by atoms with E-state index in [9.17, 15) is 12.8 Å². The quantitative estimate of drug-likeness (QED) is 0.860. The monoisotopic (exact) mass is 380 g/mol. The molecule has 1 N–H and O–H groups in total. The maximum atomic E-state index is 13.1. The summed E-state index contributed by atoms with van der Waals surface area (Å²) < 4.78 is 38.6. The van der Waals surface area contributed by atoms with Crippen LogP contribution in [0, 0.1) is 19.7 Å². The Morgan fingerprint density at radius 1 is 1.31 bits per heavy atom. The molecule has 1 aromatic carbocycles. The van der Waals surface area contributed by atoms with E-state index in [4.69, 9.17) is 0 Å². The van der Waals surface area contributed by atoms with Crippen LogP contribution in [0.2, 0.25) is 0 Å². The second kappa shape index (κ2) is 7.12. The van der Waals surface area contributed by atoms with Crippen molar-refractivity contribution in [1.29, 1.82) is 0 Å². The summed E-state index contributed by atoms with van der Waals surface area (Å²) in [5.41, 5.74) is 4.27. The number of aromatic nitrogens is 2. The van der Waals surface area contributed by atoms with Crippen molar-refractivity contribution in [2.75, 3.05) is 18.6 Å².